The third-order valence-electron chi connectivity index (χ3n) is 4.05. The molecule has 0 fully saturated rings. The summed E-state index contributed by atoms with van der Waals surface area (Å²) >= 11 is 6.01. The maximum atomic E-state index is 12.1. The standard InChI is InChI=1S/C20H22ClNO4/c1-3-24-18-9-14-8-13(2)26-19(14)10-15(18)11-22-20(23)12-25-17-7-5-4-6-16(17)21/h4-7,9-10,13H,3,8,11-12H2,1-2H3,(H,22,23)/t13-/m1/s1. The number of rotatable bonds is 7. The van der Waals surface area contributed by atoms with Gasteiger partial charge in [0.15, 0.2) is 6.61 Å². The SMILES string of the molecule is CCOc1cc2c(cc1CNC(=O)COc1ccccc1Cl)O[C@H](C)C2. The maximum Gasteiger partial charge on any atom is 0.258 e. The molecule has 1 heterocycles. The fraction of sp³-hybridized carbons (Fsp3) is 0.350. The van der Waals surface area contributed by atoms with Crippen LogP contribution in [-0.4, -0.2) is 25.2 Å². The average molecular weight is 376 g/mol. The van der Waals surface area contributed by atoms with Crippen molar-refractivity contribution < 1.29 is 19.0 Å². The zero-order valence-electron chi connectivity index (χ0n) is 14.9. The lowest BCUT2D eigenvalue weighted by molar-refractivity contribution is -0.123. The highest BCUT2D eigenvalue weighted by Gasteiger charge is 2.22. The summed E-state index contributed by atoms with van der Waals surface area (Å²) in [6.07, 6.45) is 1.03. The van der Waals surface area contributed by atoms with Gasteiger partial charge in [0.25, 0.3) is 5.91 Å². The summed E-state index contributed by atoms with van der Waals surface area (Å²) in [4.78, 5) is 12.1. The Bertz CT molecular complexity index is 793. The first-order valence-electron chi connectivity index (χ1n) is 8.66. The maximum absolute atomic E-state index is 12.1. The lowest BCUT2D eigenvalue weighted by Crippen LogP contribution is -2.28. The van der Waals surface area contributed by atoms with E-state index in [-0.39, 0.29) is 18.6 Å². The van der Waals surface area contributed by atoms with E-state index >= 15 is 0 Å². The average Bonchev–Trinajstić information content (AvgIpc) is 2.98. The van der Waals surface area contributed by atoms with Gasteiger partial charge in [-0.15, -0.1) is 0 Å². The van der Waals surface area contributed by atoms with E-state index in [4.69, 9.17) is 25.8 Å². The Balaban J connectivity index is 1.61. The van der Waals surface area contributed by atoms with Crippen LogP contribution in [0.15, 0.2) is 36.4 Å². The van der Waals surface area contributed by atoms with Crippen molar-refractivity contribution in [3.05, 3.63) is 52.5 Å². The normalized spacial score (nSPS) is 15.1. The molecular weight excluding hydrogens is 354 g/mol. The van der Waals surface area contributed by atoms with Gasteiger partial charge in [-0.2, -0.15) is 0 Å². The van der Waals surface area contributed by atoms with Gasteiger partial charge in [-0.1, -0.05) is 23.7 Å². The molecule has 0 aliphatic carbocycles. The van der Waals surface area contributed by atoms with Crippen molar-refractivity contribution in [2.45, 2.75) is 32.9 Å². The number of nitrogens with one attached hydrogen (secondary N) is 1. The van der Waals surface area contributed by atoms with E-state index in [0.29, 0.717) is 23.9 Å². The lowest BCUT2D eigenvalue weighted by atomic mass is 10.1. The molecule has 0 spiro atoms. The lowest BCUT2D eigenvalue weighted by Gasteiger charge is -2.14. The topological polar surface area (TPSA) is 56.8 Å². The quantitative estimate of drug-likeness (QED) is 0.800. The first-order chi connectivity index (χ1) is 12.6. The summed E-state index contributed by atoms with van der Waals surface area (Å²) in [6, 6.07) is 11.0. The van der Waals surface area contributed by atoms with Gasteiger partial charge < -0.3 is 19.5 Å². The van der Waals surface area contributed by atoms with Crippen LogP contribution in [0.3, 0.4) is 0 Å². The number of carbonyl (C=O) groups excluding carboxylic acids is 1. The summed E-state index contributed by atoms with van der Waals surface area (Å²) in [5, 5.41) is 3.32. The number of benzene rings is 2. The molecule has 1 atom stereocenters. The highest BCUT2D eigenvalue weighted by atomic mass is 35.5. The minimum absolute atomic E-state index is 0.105. The van der Waals surface area contributed by atoms with Crippen LogP contribution in [0.1, 0.15) is 25.0 Å². The highest BCUT2D eigenvalue weighted by molar-refractivity contribution is 6.32. The van der Waals surface area contributed by atoms with Crippen LogP contribution < -0.4 is 19.5 Å². The van der Waals surface area contributed by atoms with Crippen LogP contribution in [-0.2, 0) is 17.8 Å². The minimum Gasteiger partial charge on any atom is -0.494 e. The van der Waals surface area contributed by atoms with E-state index in [0.717, 1.165) is 29.0 Å². The summed E-state index contributed by atoms with van der Waals surface area (Å²) in [5.41, 5.74) is 2.02. The Labute approximate surface area is 158 Å². The molecule has 0 bridgehead atoms. The van der Waals surface area contributed by atoms with E-state index in [9.17, 15) is 4.79 Å². The zero-order chi connectivity index (χ0) is 18.5. The molecule has 0 unspecified atom stereocenters. The molecule has 6 heteroatoms. The van der Waals surface area contributed by atoms with Crippen LogP contribution in [0, 0.1) is 0 Å². The Morgan fingerprint density at radius 2 is 2.08 bits per heavy atom. The molecule has 1 aliphatic heterocycles. The number of fused-ring (bicyclic) bond motifs is 1. The predicted octanol–water partition coefficient (Wildman–Crippen LogP) is 3.76. The molecule has 0 radical (unpaired) electrons. The molecule has 1 aliphatic rings. The van der Waals surface area contributed by atoms with Gasteiger partial charge in [0.05, 0.1) is 11.6 Å². The van der Waals surface area contributed by atoms with Crippen LogP contribution in [0.25, 0.3) is 0 Å². The molecule has 0 saturated heterocycles. The van der Waals surface area contributed by atoms with Crippen molar-refractivity contribution in [3.8, 4) is 17.2 Å². The van der Waals surface area contributed by atoms with Crippen LogP contribution in [0.4, 0.5) is 0 Å². The third-order valence-corrected chi connectivity index (χ3v) is 4.36. The largest absolute Gasteiger partial charge is 0.494 e. The van der Waals surface area contributed by atoms with Crippen LogP contribution in [0.2, 0.25) is 5.02 Å². The minimum atomic E-state index is -0.234. The van der Waals surface area contributed by atoms with Crippen molar-refractivity contribution in [1.82, 2.24) is 5.32 Å². The smallest absolute Gasteiger partial charge is 0.258 e. The molecule has 26 heavy (non-hydrogen) atoms. The monoisotopic (exact) mass is 375 g/mol. The fourth-order valence-electron chi connectivity index (χ4n) is 2.86. The molecule has 1 amide bonds. The second kappa shape index (κ2) is 8.32. The van der Waals surface area contributed by atoms with Crippen LogP contribution >= 0.6 is 11.6 Å². The van der Waals surface area contributed by atoms with Gasteiger partial charge in [-0.3, -0.25) is 4.79 Å². The van der Waals surface area contributed by atoms with Crippen LogP contribution in [0.5, 0.6) is 17.2 Å². The van der Waals surface area contributed by atoms with Gasteiger partial charge in [0.2, 0.25) is 0 Å². The molecular formula is C20H22ClNO4. The van der Waals surface area contributed by atoms with Crippen molar-refractivity contribution >= 4 is 17.5 Å². The second-order valence-electron chi connectivity index (χ2n) is 6.13. The van der Waals surface area contributed by atoms with E-state index in [1.807, 2.05) is 26.0 Å². The van der Waals surface area contributed by atoms with Crippen molar-refractivity contribution in [1.29, 1.82) is 0 Å². The van der Waals surface area contributed by atoms with E-state index in [1.165, 1.54) is 0 Å². The van der Waals surface area contributed by atoms with Crippen molar-refractivity contribution in [3.63, 3.8) is 0 Å². The van der Waals surface area contributed by atoms with Crippen molar-refractivity contribution in [2.24, 2.45) is 0 Å². The van der Waals surface area contributed by atoms with Gasteiger partial charge in [0.1, 0.15) is 23.4 Å². The summed E-state index contributed by atoms with van der Waals surface area (Å²) < 4.78 is 17.0. The molecule has 0 saturated carbocycles. The number of carbonyl (C=O) groups is 1. The van der Waals surface area contributed by atoms with Gasteiger partial charge in [-0.05, 0) is 38.1 Å². The van der Waals surface area contributed by atoms with Gasteiger partial charge in [-0.25, -0.2) is 0 Å². The highest BCUT2D eigenvalue weighted by Crippen LogP contribution is 2.35. The number of para-hydroxylation sites is 1. The Hall–Kier alpha value is -2.40. The summed E-state index contributed by atoms with van der Waals surface area (Å²) in [6.45, 7) is 4.77. The number of amides is 1. The number of hydrogen-bond donors (Lipinski definition) is 1. The van der Waals surface area contributed by atoms with E-state index in [1.54, 1.807) is 24.3 Å². The van der Waals surface area contributed by atoms with E-state index < -0.39 is 0 Å². The molecule has 138 valence electrons. The molecule has 5 nitrogen and oxygen atoms in total. The Kier molecular flexibility index (Phi) is 5.89. The Morgan fingerprint density at radius 3 is 2.85 bits per heavy atom. The second-order valence-corrected chi connectivity index (χ2v) is 6.54. The first kappa shape index (κ1) is 18.4. The molecule has 0 aromatic heterocycles. The molecule has 2 aromatic rings. The van der Waals surface area contributed by atoms with Gasteiger partial charge in [0, 0.05) is 24.1 Å². The number of halogens is 1. The van der Waals surface area contributed by atoms with E-state index in [2.05, 4.69) is 5.32 Å². The molecule has 3 rings (SSSR count). The molecule has 2 aromatic carbocycles. The summed E-state index contributed by atoms with van der Waals surface area (Å²) in [7, 11) is 0. The first-order valence-corrected chi connectivity index (χ1v) is 9.04. The molecule has 1 N–H and O–H groups in total. The number of ether oxygens (including phenoxy) is 3. The number of hydrogen-bond acceptors (Lipinski definition) is 4. The Morgan fingerprint density at radius 1 is 1.27 bits per heavy atom. The van der Waals surface area contributed by atoms with Crippen molar-refractivity contribution in [2.75, 3.05) is 13.2 Å². The zero-order valence-corrected chi connectivity index (χ0v) is 15.6. The van der Waals surface area contributed by atoms with Gasteiger partial charge >= 0.3 is 0 Å². The summed E-state index contributed by atoms with van der Waals surface area (Å²) in [5.74, 6) is 1.88. The predicted molar refractivity (Wildman–Crippen MR) is 100 cm³/mol. The fourth-order valence-corrected chi connectivity index (χ4v) is 3.05. The third kappa shape index (κ3) is 4.41.